The summed E-state index contributed by atoms with van der Waals surface area (Å²) in [5, 5.41) is 8.66. The molecular weight excluding hydrogens is 571 g/mol. The van der Waals surface area contributed by atoms with Gasteiger partial charge in [0.05, 0.1) is 0 Å². The maximum atomic E-state index is 4.52. The van der Waals surface area contributed by atoms with Crippen LogP contribution in [0.2, 0.25) is 0 Å². The third-order valence-electron chi connectivity index (χ3n) is 9.74. The minimum absolute atomic E-state index is 0.828. The van der Waals surface area contributed by atoms with E-state index in [1.165, 1.54) is 77.2 Å². The number of rotatable bonds is 5. The van der Waals surface area contributed by atoms with Crippen LogP contribution in [0.15, 0.2) is 151 Å². The zero-order chi connectivity index (χ0) is 31.3. The van der Waals surface area contributed by atoms with Gasteiger partial charge in [-0.05, 0) is 102 Å². The molecule has 0 saturated carbocycles. The van der Waals surface area contributed by atoms with Crippen molar-refractivity contribution in [3.05, 3.63) is 157 Å². The van der Waals surface area contributed by atoms with E-state index >= 15 is 0 Å². The van der Waals surface area contributed by atoms with Crippen molar-refractivity contribution in [2.45, 2.75) is 12.8 Å². The van der Waals surface area contributed by atoms with E-state index in [1.807, 2.05) is 25.4 Å². The number of hydrogen-bond acceptors (Lipinski definition) is 1. The van der Waals surface area contributed by atoms with Gasteiger partial charge in [0.2, 0.25) is 0 Å². The van der Waals surface area contributed by atoms with Gasteiger partial charge in [0.25, 0.3) is 0 Å². The number of amidine groups is 1. The minimum atomic E-state index is 0.828. The number of nitrogens with zero attached hydrogens (tertiary/aromatic N) is 1. The molecule has 0 bridgehead atoms. The molecule has 6 aromatic carbocycles. The summed E-state index contributed by atoms with van der Waals surface area (Å²) >= 11 is 0. The number of nitrogens with one attached hydrogen (secondary N) is 2. The van der Waals surface area contributed by atoms with E-state index in [2.05, 4.69) is 143 Å². The standard InChI is InChI=1S/C44H33N3/c1-45-44(47-38-20-11-27-46-38)31-23-21-28(22-24-31)32-25-26-37-41-33(32)18-10-19-36(41)42-39(29-12-4-2-5-13-29)34-16-8-9-17-35(34)40(43(37)42)30-14-6-3-7-15-30/h2-4,6-12,14-27,46H,5,13H2,1H3,(H,45,47). The number of aliphatic imine (C=N–C) groups is 1. The number of allylic oxidation sites excluding steroid dienone is 4. The van der Waals surface area contributed by atoms with Gasteiger partial charge < -0.3 is 10.3 Å². The van der Waals surface area contributed by atoms with Crippen LogP contribution in [0.5, 0.6) is 0 Å². The first-order valence-electron chi connectivity index (χ1n) is 16.3. The van der Waals surface area contributed by atoms with Gasteiger partial charge in [0.1, 0.15) is 11.7 Å². The summed E-state index contributed by atoms with van der Waals surface area (Å²) in [6, 6.07) is 44.3. The van der Waals surface area contributed by atoms with Crippen molar-refractivity contribution >= 4 is 38.8 Å². The molecule has 0 radical (unpaired) electrons. The summed E-state index contributed by atoms with van der Waals surface area (Å²) in [7, 11) is 1.82. The fourth-order valence-electron chi connectivity index (χ4n) is 7.70. The summed E-state index contributed by atoms with van der Waals surface area (Å²) in [5.74, 6) is 1.75. The second-order valence-electron chi connectivity index (χ2n) is 12.3. The second kappa shape index (κ2) is 11.1. The van der Waals surface area contributed by atoms with Crippen molar-refractivity contribution < 1.29 is 0 Å². The van der Waals surface area contributed by atoms with Crippen molar-refractivity contribution in [1.82, 2.24) is 4.98 Å². The number of aromatic amines is 1. The van der Waals surface area contributed by atoms with Crippen LogP contribution in [0.1, 0.15) is 24.0 Å². The molecule has 2 aliphatic rings. The average Bonchev–Trinajstić information content (AvgIpc) is 3.78. The van der Waals surface area contributed by atoms with Gasteiger partial charge in [0.15, 0.2) is 0 Å². The lowest BCUT2D eigenvalue weighted by Gasteiger charge is -2.22. The van der Waals surface area contributed by atoms with Crippen molar-refractivity contribution in [2.24, 2.45) is 4.99 Å². The van der Waals surface area contributed by atoms with Gasteiger partial charge in [-0.1, -0.05) is 127 Å². The van der Waals surface area contributed by atoms with E-state index in [9.17, 15) is 0 Å². The summed E-state index contributed by atoms with van der Waals surface area (Å²) in [5.41, 5.74) is 14.2. The molecule has 47 heavy (non-hydrogen) atoms. The first kappa shape index (κ1) is 27.4. The highest BCUT2D eigenvalue weighted by molar-refractivity contribution is 6.27. The molecule has 2 N–H and O–H groups in total. The van der Waals surface area contributed by atoms with Crippen LogP contribution >= 0.6 is 0 Å². The molecule has 1 aromatic heterocycles. The molecule has 3 nitrogen and oxygen atoms in total. The normalized spacial score (nSPS) is 13.6. The Morgan fingerprint density at radius 1 is 0.617 bits per heavy atom. The second-order valence-corrected chi connectivity index (χ2v) is 12.3. The molecule has 9 rings (SSSR count). The molecule has 0 unspecified atom stereocenters. The van der Waals surface area contributed by atoms with E-state index in [4.69, 9.17) is 0 Å². The lowest BCUT2D eigenvalue weighted by atomic mass is 9.81. The Balaban J connectivity index is 1.27. The molecule has 3 heteroatoms. The Morgan fingerprint density at radius 2 is 1.34 bits per heavy atom. The molecule has 7 aromatic rings. The largest absolute Gasteiger partial charge is 0.348 e. The average molecular weight is 604 g/mol. The zero-order valence-electron chi connectivity index (χ0n) is 26.2. The molecular formula is C44H33N3. The molecule has 0 spiro atoms. The van der Waals surface area contributed by atoms with Gasteiger partial charge in [-0.25, -0.2) is 0 Å². The Bertz CT molecular complexity index is 2410. The van der Waals surface area contributed by atoms with Crippen molar-refractivity contribution in [3.8, 4) is 44.5 Å². The smallest absolute Gasteiger partial charge is 0.133 e. The Morgan fingerprint density at radius 3 is 2.09 bits per heavy atom. The van der Waals surface area contributed by atoms with Crippen molar-refractivity contribution in [2.75, 3.05) is 12.4 Å². The fraction of sp³-hybridized carbons (Fsp3) is 0.0682. The topological polar surface area (TPSA) is 40.2 Å². The Labute approximate surface area is 274 Å². The number of fused-ring (bicyclic) bond motifs is 4. The van der Waals surface area contributed by atoms with Gasteiger partial charge in [-0.3, -0.25) is 4.99 Å². The number of aromatic nitrogens is 1. The summed E-state index contributed by atoms with van der Waals surface area (Å²) in [6.45, 7) is 0. The van der Waals surface area contributed by atoms with Crippen LogP contribution < -0.4 is 5.32 Å². The van der Waals surface area contributed by atoms with Gasteiger partial charge in [-0.2, -0.15) is 0 Å². The number of anilines is 1. The third-order valence-corrected chi connectivity index (χ3v) is 9.74. The minimum Gasteiger partial charge on any atom is -0.348 e. The van der Waals surface area contributed by atoms with Gasteiger partial charge >= 0.3 is 0 Å². The maximum Gasteiger partial charge on any atom is 0.133 e. The van der Waals surface area contributed by atoms with E-state index in [1.54, 1.807) is 0 Å². The van der Waals surface area contributed by atoms with Crippen LogP contribution in [0.3, 0.4) is 0 Å². The van der Waals surface area contributed by atoms with Crippen molar-refractivity contribution in [3.63, 3.8) is 0 Å². The van der Waals surface area contributed by atoms with E-state index in [0.29, 0.717) is 0 Å². The van der Waals surface area contributed by atoms with Gasteiger partial charge in [0, 0.05) is 18.8 Å². The van der Waals surface area contributed by atoms with E-state index in [0.717, 1.165) is 30.1 Å². The first-order valence-corrected chi connectivity index (χ1v) is 16.3. The van der Waals surface area contributed by atoms with Crippen LogP contribution in [-0.4, -0.2) is 17.9 Å². The Kier molecular flexibility index (Phi) is 6.50. The molecule has 0 amide bonds. The fourth-order valence-corrected chi connectivity index (χ4v) is 7.70. The van der Waals surface area contributed by atoms with Gasteiger partial charge in [-0.15, -0.1) is 0 Å². The highest BCUT2D eigenvalue weighted by Crippen LogP contribution is 2.57. The van der Waals surface area contributed by atoms with E-state index < -0.39 is 0 Å². The monoisotopic (exact) mass is 603 g/mol. The number of hydrogen-bond donors (Lipinski definition) is 2. The summed E-state index contributed by atoms with van der Waals surface area (Å²) in [6.07, 6.45) is 10.9. The molecule has 0 atom stereocenters. The molecule has 0 aliphatic heterocycles. The van der Waals surface area contributed by atoms with Crippen LogP contribution in [-0.2, 0) is 0 Å². The highest BCUT2D eigenvalue weighted by atomic mass is 15.0. The Hall–Kier alpha value is -5.93. The van der Waals surface area contributed by atoms with E-state index in [-0.39, 0.29) is 0 Å². The predicted molar refractivity (Wildman–Crippen MR) is 200 cm³/mol. The third kappa shape index (κ3) is 4.39. The van der Waals surface area contributed by atoms with Crippen LogP contribution in [0.4, 0.5) is 5.82 Å². The summed E-state index contributed by atoms with van der Waals surface area (Å²) in [4.78, 5) is 7.72. The lowest BCUT2D eigenvalue weighted by Crippen LogP contribution is -2.13. The quantitative estimate of drug-likeness (QED) is 0.149. The predicted octanol–water partition coefficient (Wildman–Crippen LogP) is 11.5. The molecule has 0 saturated heterocycles. The summed E-state index contributed by atoms with van der Waals surface area (Å²) < 4.78 is 0. The zero-order valence-corrected chi connectivity index (χ0v) is 26.2. The highest BCUT2D eigenvalue weighted by Gasteiger charge is 2.31. The number of H-pyrrole nitrogens is 1. The maximum absolute atomic E-state index is 4.52. The van der Waals surface area contributed by atoms with Crippen LogP contribution in [0, 0.1) is 0 Å². The molecule has 2 aliphatic carbocycles. The molecule has 224 valence electrons. The van der Waals surface area contributed by atoms with Crippen molar-refractivity contribution in [1.29, 1.82) is 0 Å². The molecule has 0 fully saturated rings. The first-order chi connectivity index (χ1) is 23.3. The van der Waals surface area contributed by atoms with Crippen LogP contribution in [0.25, 0.3) is 71.6 Å². The lowest BCUT2D eigenvalue weighted by molar-refractivity contribution is 1.06. The SMILES string of the molecule is CN=C(Nc1ccc[nH]1)c1ccc(-c2ccc3c4c(cccc24)-c2c-3c(-c3ccccc3)c3ccccc3c2C2=CC=CCC2)cc1. The molecule has 1 heterocycles. The number of benzene rings is 6.